The van der Waals surface area contributed by atoms with Gasteiger partial charge in [0.25, 0.3) is 0 Å². The van der Waals surface area contributed by atoms with Gasteiger partial charge in [-0.25, -0.2) is 8.42 Å². The number of benzene rings is 2. The van der Waals surface area contributed by atoms with E-state index in [-0.39, 0.29) is 0 Å². The summed E-state index contributed by atoms with van der Waals surface area (Å²) in [6.45, 7) is 4.18. The van der Waals surface area contributed by atoms with Crippen LogP contribution in [-0.4, -0.2) is 8.42 Å². The Morgan fingerprint density at radius 3 is 1.35 bits per heavy atom. The molecule has 0 radical (unpaired) electrons. The Morgan fingerprint density at radius 1 is 0.696 bits per heavy atom. The SMILES string of the molecule is CCc1ccc(C=CS(=O)(=O)C=Cc2ccc(CC)cc2)cc1. The maximum atomic E-state index is 12.0. The van der Waals surface area contributed by atoms with Crippen LogP contribution in [0.25, 0.3) is 12.2 Å². The minimum atomic E-state index is -3.37. The van der Waals surface area contributed by atoms with Crippen LogP contribution in [0.5, 0.6) is 0 Å². The van der Waals surface area contributed by atoms with Crippen LogP contribution in [0.4, 0.5) is 0 Å². The molecule has 23 heavy (non-hydrogen) atoms. The molecule has 0 saturated carbocycles. The van der Waals surface area contributed by atoms with Gasteiger partial charge in [0.05, 0.1) is 0 Å². The molecule has 0 aliphatic carbocycles. The summed E-state index contributed by atoms with van der Waals surface area (Å²) in [5.74, 6) is 0. The molecule has 0 N–H and O–H groups in total. The summed E-state index contributed by atoms with van der Waals surface area (Å²) in [5.41, 5.74) is 4.24. The van der Waals surface area contributed by atoms with Gasteiger partial charge < -0.3 is 0 Å². The van der Waals surface area contributed by atoms with Crippen LogP contribution in [0.2, 0.25) is 0 Å². The second-order valence-electron chi connectivity index (χ2n) is 5.38. The molecular weight excluding hydrogens is 304 g/mol. The lowest BCUT2D eigenvalue weighted by atomic mass is 10.1. The highest BCUT2D eigenvalue weighted by atomic mass is 32.2. The van der Waals surface area contributed by atoms with Crippen molar-refractivity contribution < 1.29 is 8.42 Å². The zero-order valence-electron chi connectivity index (χ0n) is 13.6. The lowest BCUT2D eigenvalue weighted by molar-refractivity contribution is 0.613. The Bertz CT molecular complexity index is 717. The van der Waals surface area contributed by atoms with E-state index in [1.165, 1.54) is 21.9 Å². The minimum Gasteiger partial charge on any atom is -0.220 e. The van der Waals surface area contributed by atoms with Crippen molar-refractivity contribution in [2.75, 3.05) is 0 Å². The second-order valence-corrected chi connectivity index (χ2v) is 7.11. The first-order valence-corrected chi connectivity index (χ1v) is 9.42. The van der Waals surface area contributed by atoms with E-state index in [0.717, 1.165) is 24.0 Å². The highest BCUT2D eigenvalue weighted by molar-refractivity contribution is 7.97. The van der Waals surface area contributed by atoms with E-state index in [1.54, 1.807) is 12.2 Å². The Labute approximate surface area is 139 Å². The molecule has 2 rings (SSSR count). The Balaban J connectivity index is 2.07. The normalized spacial score (nSPS) is 12.3. The van der Waals surface area contributed by atoms with Gasteiger partial charge in [-0.05, 0) is 47.2 Å². The van der Waals surface area contributed by atoms with Crippen molar-refractivity contribution in [3.63, 3.8) is 0 Å². The number of rotatable bonds is 6. The maximum absolute atomic E-state index is 12.0. The Morgan fingerprint density at radius 2 is 1.04 bits per heavy atom. The van der Waals surface area contributed by atoms with Gasteiger partial charge in [0, 0.05) is 10.8 Å². The molecule has 2 aromatic rings. The molecule has 120 valence electrons. The number of hydrogen-bond acceptors (Lipinski definition) is 2. The summed E-state index contributed by atoms with van der Waals surface area (Å²) in [6, 6.07) is 15.8. The van der Waals surface area contributed by atoms with Crippen LogP contribution in [-0.2, 0) is 22.7 Å². The number of hydrogen-bond donors (Lipinski definition) is 0. The van der Waals surface area contributed by atoms with E-state index in [9.17, 15) is 8.42 Å². The average Bonchev–Trinajstić information content (AvgIpc) is 2.59. The van der Waals surface area contributed by atoms with Crippen LogP contribution in [0.15, 0.2) is 59.3 Å². The van der Waals surface area contributed by atoms with Gasteiger partial charge in [-0.3, -0.25) is 0 Å². The van der Waals surface area contributed by atoms with Gasteiger partial charge >= 0.3 is 0 Å². The summed E-state index contributed by atoms with van der Waals surface area (Å²) in [6.07, 6.45) is 5.20. The van der Waals surface area contributed by atoms with Crippen LogP contribution in [0.3, 0.4) is 0 Å². The van der Waals surface area contributed by atoms with Crippen molar-refractivity contribution in [3.05, 3.63) is 81.6 Å². The van der Waals surface area contributed by atoms with E-state index in [4.69, 9.17) is 0 Å². The molecule has 0 aliphatic rings. The fraction of sp³-hybridized carbons (Fsp3) is 0.200. The van der Waals surface area contributed by atoms with Gasteiger partial charge in [0.15, 0.2) is 9.84 Å². The van der Waals surface area contributed by atoms with Crippen molar-refractivity contribution in [2.24, 2.45) is 0 Å². The van der Waals surface area contributed by atoms with Crippen molar-refractivity contribution in [1.82, 2.24) is 0 Å². The maximum Gasteiger partial charge on any atom is 0.193 e. The zero-order chi connectivity index (χ0) is 16.7. The monoisotopic (exact) mass is 326 g/mol. The third kappa shape index (κ3) is 5.53. The Hall–Kier alpha value is -2.13. The highest BCUT2D eigenvalue weighted by Crippen LogP contribution is 2.11. The summed E-state index contributed by atoms with van der Waals surface area (Å²) < 4.78 is 24.1. The predicted molar refractivity (Wildman–Crippen MR) is 98.6 cm³/mol. The molecule has 0 amide bonds. The summed E-state index contributed by atoms with van der Waals surface area (Å²) in [4.78, 5) is 0. The van der Waals surface area contributed by atoms with E-state index >= 15 is 0 Å². The standard InChI is InChI=1S/C20H22O2S/c1-3-17-5-9-19(10-6-17)13-15-23(21,22)16-14-20-11-7-18(4-2)8-12-20/h5-16H,3-4H2,1-2H3. The molecule has 0 aliphatic heterocycles. The number of sulfone groups is 1. The molecule has 0 aromatic heterocycles. The van der Waals surface area contributed by atoms with Crippen molar-refractivity contribution in [3.8, 4) is 0 Å². The molecule has 2 nitrogen and oxygen atoms in total. The summed E-state index contributed by atoms with van der Waals surface area (Å²) in [7, 11) is -3.37. The second kappa shape index (κ2) is 7.93. The quantitative estimate of drug-likeness (QED) is 0.759. The lowest BCUT2D eigenvalue weighted by Gasteiger charge is -1.98. The predicted octanol–water partition coefficient (Wildman–Crippen LogP) is 4.87. The molecule has 0 saturated heterocycles. The lowest BCUT2D eigenvalue weighted by Crippen LogP contribution is -1.88. The van der Waals surface area contributed by atoms with Crippen LogP contribution in [0, 0.1) is 0 Å². The Kier molecular flexibility index (Phi) is 5.94. The van der Waals surface area contributed by atoms with Gasteiger partial charge in [-0.2, -0.15) is 0 Å². The summed E-state index contributed by atoms with van der Waals surface area (Å²) >= 11 is 0. The molecule has 0 unspecified atom stereocenters. The fourth-order valence-corrected chi connectivity index (χ4v) is 2.91. The van der Waals surface area contributed by atoms with Crippen molar-refractivity contribution >= 4 is 22.0 Å². The molecule has 0 spiro atoms. The first-order chi connectivity index (χ1) is 11.0. The van der Waals surface area contributed by atoms with E-state index in [0.29, 0.717) is 0 Å². The van der Waals surface area contributed by atoms with Gasteiger partial charge in [-0.1, -0.05) is 62.4 Å². The third-order valence-electron chi connectivity index (χ3n) is 3.68. The van der Waals surface area contributed by atoms with Crippen molar-refractivity contribution in [2.45, 2.75) is 26.7 Å². The topological polar surface area (TPSA) is 34.1 Å². The molecule has 0 atom stereocenters. The van der Waals surface area contributed by atoms with E-state index < -0.39 is 9.84 Å². The van der Waals surface area contributed by atoms with E-state index in [2.05, 4.69) is 13.8 Å². The molecule has 0 bridgehead atoms. The van der Waals surface area contributed by atoms with E-state index in [1.807, 2.05) is 48.5 Å². The van der Waals surface area contributed by atoms with Crippen LogP contribution < -0.4 is 0 Å². The highest BCUT2D eigenvalue weighted by Gasteiger charge is 2.00. The smallest absolute Gasteiger partial charge is 0.193 e. The number of aryl methyl sites for hydroxylation is 2. The minimum absolute atomic E-state index is 0.881. The van der Waals surface area contributed by atoms with Gasteiger partial charge in [0.1, 0.15) is 0 Å². The third-order valence-corrected chi connectivity index (χ3v) is 4.71. The van der Waals surface area contributed by atoms with Crippen LogP contribution in [0.1, 0.15) is 36.1 Å². The molecule has 0 heterocycles. The zero-order valence-corrected chi connectivity index (χ0v) is 14.4. The average molecular weight is 326 g/mol. The molecule has 2 aromatic carbocycles. The fourth-order valence-electron chi connectivity index (χ4n) is 2.12. The molecular formula is C20H22O2S. The molecule has 0 fully saturated rings. The first kappa shape index (κ1) is 17.2. The summed E-state index contributed by atoms with van der Waals surface area (Å²) in [5, 5.41) is 2.48. The largest absolute Gasteiger partial charge is 0.220 e. The van der Waals surface area contributed by atoms with Crippen molar-refractivity contribution in [1.29, 1.82) is 0 Å². The van der Waals surface area contributed by atoms with Gasteiger partial charge in [-0.15, -0.1) is 0 Å². The first-order valence-electron chi connectivity index (χ1n) is 7.81. The van der Waals surface area contributed by atoms with Gasteiger partial charge in [0.2, 0.25) is 0 Å². The van der Waals surface area contributed by atoms with Crippen LogP contribution >= 0.6 is 0 Å². The molecule has 3 heteroatoms.